The van der Waals surface area contributed by atoms with Gasteiger partial charge in [-0.25, -0.2) is 4.79 Å². The highest BCUT2D eigenvalue weighted by Gasteiger charge is 2.36. The number of carbonyl (C=O) groups excluding carboxylic acids is 2. The van der Waals surface area contributed by atoms with Crippen molar-refractivity contribution in [3.05, 3.63) is 35.9 Å². The topological polar surface area (TPSA) is 61.9 Å². The molecular formula is C20H31N3O3. The molecule has 2 rings (SSSR count). The zero-order valence-electron chi connectivity index (χ0n) is 16.3. The maximum atomic E-state index is 12.5. The number of likely N-dealkylation sites (N-methyl/N-ethyl adjacent to an activating group) is 1. The Balaban J connectivity index is 1.77. The van der Waals surface area contributed by atoms with Crippen molar-refractivity contribution in [2.45, 2.75) is 51.8 Å². The summed E-state index contributed by atoms with van der Waals surface area (Å²) in [5.74, 6) is -0.0959. The molecule has 0 spiro atoms. The molecule has 0 radical (unpaired) electrons. The third-order valence-electron chi connectivity index (χ3n) is 4.27. The van der Waals surface area contributed by atoms with Crippen molar-refractivity contribution in [3.8, 4) is 0 Å². The number of benzene rings is 1. The monoisotopic (exact) mass is 361 g/mol. The molecule has 1 aliphatic heterocycles. The van der Waals surface area contributed by atoms with Crippen LogP contribution in [0.5, 0.6) is 0 Å². The number of rotatable bonds is 6. The van der Waals surface area contributed by atoms with Gasteiger partial charge in [-0.2, -0.15) is 0 Å². The molecule has 1 heterocycles. The minimum atomic E-state index is -0.555. The first-order chi connectivity index (χ1) is 12.3. The van der Waals surface area contributed by atoms with Gasteiger partial charge in [-0.1, -0.05) is 30.3 Å². The van der Waals surface area contributed by atoms with Gasteiger partial charge in [0, 0.05) is 26.2 Å². The van der Waals surface area contributed by atoms with E-state index in [1.165, 1.54) is 5.56 Å². The number of amides is 2. The van der Waals surface area contributed by atoms with Gasteiger partial charge >= 0.3 is 6.09 Å². The van der Waals surface area contributed by atoms with Gasteiger partial charge < -0.3 is 15.0 Å². The highest BCUT2D eigenvalue weighted by molar-refractivity contribution is 5.86. The Morgan fingerprint density at radius 2 is 1.96 bits per heavy atom. The van der Waals surface area contributed by atoms with E-state index in [-0.39, 0.29) is 5.91 Å². The minimum Gasteiger partial charge on any atom is -0.444 e. The standard InChI is InChI=1S/C20H31N3O3/c1-20(2,3)26-19(25)23-13-8-11-17(23)18(24)21-12-14-22(4)15-16-9-6-5-7-10-16/h5-7,9-10,17H,8,11-15H2,1-4H3,(H,21,24). The average Bonchev–Trinajstić information content (AvgIpc) is 3.04. The molecule has 0 bridgehead atoms. The van der Waals surface area contributed by atoms with Crippen LogP contribution in [0.3, 0.4) is 0 Å². The third kappa shape index (κ3) is 6.33. The molecule has 1 aromatic rings. The number of nitrogens with zero attached hydrogens (tertiary/aromatic N) is 2. The van der Waals surface area contributed by atoms with Crippen LogP contribution in [0, 0.1) is 0 Å². The molecular weight excluding hydrogens is 330 g/mol. The van der Waals surface area contributed by atoms with Gasteiger partial charge in [0.05, 0.1) is 0 Å². The van der Waals surface area contributed by atoms with Crippen LogP contribution >= 0.6 is 0 Å². The van der Waals surface area contributed by atoms with Gasteiger partial charge in [-0.05, 0) is 46.2 Å². The van der Waals surface area contributed by atoms with Crippen molar-refractivity contribution in [1.82, 2.24) is 15.1 Å². The van der Waals surface area contributed by atoms with E-state index in [1.807, 2.05) is 46.0 Å². The number of carbonyl (C=O) groups is 2. The van der Waals surface area contributed by atoms with Crippen LogP contribution in [0.2, 0.25) is 0 Å². The molecule has 26 heavy (non-hydrogen) atoms. The Kier molecular flexibility index (Phi) is 7.03. The van der Waals surface area contributed by atoms with E-state index in [0.29, 0.717) is 19.5 Å². The van der Waals surface area contributed by atoms with Crippen molar-refractivity contribution in [2.24, 2.45) is 0 Å². The Morgan fingerprint density at radius 3 is 2.62 bits per heavy atom. The van der Waals surface area contributed by atoms with E-state index in [4.69, 9.17) is 4.74 Å². The summed E-state index contributed by atoms with van der Waals surface area (Å²) in [7, 11) is 2.03. The van der Waals surface area contributed by atoms with Gasteiger partial charge in [0.15, 0.2) is 0 Å². The molecule has 0 aromatic heterocycles. The third-order valence-corrected chi connectivity index (χ3v) is 4.27. The minimum absolute atomic E-state index is 0.0959. The number of ether oxygens (including phenoxy) is 1. The molecule has 6 heteroatoms. The molecule has 1 fully saturated rings. The lowest BCUT2D eigenvalue weighted by Crippen LogP contribution is -2.48. The average molecular weight is 361 g/mol. The SMILES string of the molecule is CN(CCNC(=O)C1CCCN1C(=O)OC(C)(C)C)Cc1ccccc1. The zero-order chi connectivity index (χ0) is 19.2. The number of nitrogens with one attached hydrogen (secondary N) is 1. The normalized spacial score (nSPS) is 17.4. The van der Waals surface area contributed by atoms with Crippen LogP contribution in [0.4, 0.5) is 4.79 Å². The highest BCUT2D eigenvalue weighted by Crippen LogP contribution is 2.20. The molecule has 1 atom stereocenters. The molecule has 1 aliphatic rings. The Labute approximate surface area is 156 Å². The predicted molar refractivity (Wildman–Crippen MR) is 102 cm³/mol. The summed E-state index contributed by atoms with van der Waals surface area (Å²) in [6.07, 6.45) is 1.10. The second-order valence-electron chi connectivity index (χ2n) is 7.85. The van der Waals surface area contributed by atoms with Crippen LogP contribution in [-0.2, 0) is 16.1 Å². The van der Waals surface area contributed by atoms with Crippen LogP contribution in [-0.4, -0.2) is 60.1 Å². The second kappa shape index (κ2) is 9.03. The lowest BCUT2D eigenvalue weighted by atomic mass is 10.2. The summed E-state index contributed by atoms with van der Waals surface area (Å²) < 4.78 is 5.41. The fourth-order valence-corrected chi connectivity index (χ4v) is 3.04. The largest absolute Gasteiger partial charge is 0.444 e. The molecule has 1 saturated heterocycles. The summed E-state index contributed by atoms with van der Waals surface area (Å²) in [5.41, 5.74) is 0.689. The van der Waals surface area contributed by atoms with Crippen LogP contribution in [0.15, 0.2) is 30.3 Å². The molecule has 2 amide bonds. The fraction of sp³-hybridized carbons (Fsp3) is 0.600. The quantitative estimate of drug-likeness (QED) is 0.846. The molecule has 6 nitrogen and oxygen atoms in total. The molecule has 1 N–H and O–H groups in total. The summed E-state index contributed by atoms with van der Waals surface area (Å²) in [6, 6.07) is 9.80. The Morgan fingerprint density at radius 1 is 1.27 bits per heavy atom. The fourth-order valence-electron chi connectivity index (χ4n) is 3.04. The second-order valence-corrected chi connectivity index (χ2v) is 7.85. The number of hydrogen-bond acceptors (Lipinski definition) is 4. The smallest absolute Gasteiger partial charge is 0.410 e. The van der Waals surface area contributed by atoms with Gasteiger partial charge in [0.2, 0.25) is 5.91 Å². The van der Waals surface area contributed by atoms with E-state index in [1.54, 1.807) is 4.90 Å². The van der Waals surface area contributed by atoms with Crippen LogP contribution in [0.25, 0.3) is 0 Å². The van der Waals surface area contributed by atoms with Gasteiger partial charge in [0.1, 0.15) is 11.6 Å². The number of hydrogen-bond donors (Lipinski definition) is 1. The molecule has 0 aliphatic carbocycles. The van der Waals surface area contributed by atoms with Gasteiger partial charge in [-0.15, -0.1) is 0 Å². The van der Waals surface area contributed by atoms with E-state index < -0.39 is 17.7 Å². The molecule has 1 unspecified atom stereocenters. The maximum absolute atomic E-state index is 12.5. The summed E-state index contributed by atoms with van der Waals surface area (Å²) in [5, 5.41) is 2.96. The first kappa shape index (κ1) is 20.2. The lowest BCUT2D eigenvalue weighted by molar-refractivity contribution is -0.125. The van der Waals surface area contributed by atoms with E-state index in [0.717, 1.165) is 19.5 Å². The maximum Gasteiger partial charge on any atom is 0.410 e. The first-order valence-electron chi connectivity index (χ1n) is 9.26. The summed E-state index contributed by atoms with van der Waals surface area (Å²) in [6.45, 7) is 8.21. The molecule has 0 saturated carbocycles. The van der Waals surface area contributed by atoms with E-state index in [9.17, 15) is 9.59 Å². The van der Waals surface area contributed by atoms with Crippen molar-refractivity contribution < 1.29 is 14.3 Å². The van der Waals surface area contributed by atoms with Crippen molar-refractivity contribution in [1.29, 1.82) is 0 Å². The van der Waals surface area contributed by atoms with Crippen LogP contribution < -0.4 is 5.32 Å². The Bertz CT molecular complexity index is 598. The highest BCUT2D eigenvalue weighted by atomic mass is 16.6. The summed E-state index contributed by atoms with van der Waals surface area (Å²) in [4.78, 5) is 28.5. The number of likely N-dealkylation sites (tertiary alicyclic amines) is 1. The van der Waals surface area contributed by atoms with E-state index in [2.05, 4.69) is 22.3 Å². The Hall–Kier alpha value is -2.08. The van der Waals surface area contributed by atoms with Gasteiger partial charge in [-0.3, -0.25) is 9.69 Å². The van der Waals surface area contributed by atoms with Gasteiger partial charge in [0.25, 0.3) is 0 Å². The molecule has 144 valence electrons. The summed E-state index contributed by atoms with van der Waals surface area (Å²) >= 11 is 0. The van der Waals surface area contributed by atoms with Crippen molar-refractivity contribution >= 4 is 12.0 Å². The first-order valence-corrected chi connectivity index (χ1v) is 9.26. The predicted octanol–water partition coefficient (Wildman–Crippen LogP) is 2.63. The van der Waals surface area contributed by atoms with Crippen molar-refractivity contribution in [3.63, 3.8) is 0 Å². The van der Waals surface area contributed by atoms with Crippen LogP contribution in [0.1, 0.15) is 39.2 Å². The zero-order valence-corrected chi connectivity index (χ0v) is 16.3. The van der Waals surface area contributed by atoms with E-state index >= 15 is 0 Å². The van der Waals surface area contributed by atoms with Crippen molar-refractivity contribution in [2.75, 3.05) is 26.7 Å². The lowest BCUT2D eigenvalue weighted by Gasteiger charge is -2.28. The molecule has 1 aromatic carbocycles.